The Kier molecular flexibility index (Phi) is 5.67. The summed E-state index contributed by atoms with van der Waals surface area (Å²) in [6, 6.07) is 12.2. The van der Waals surface area contributed by atoms with E-state index in [9.17, 15) is 31.1 Å². The molecular weight excluding hydrogens is 460 g/mol. The van der Waals surface area contributed by atoms with Gasteiger partial charge >= 0.3 is 12.4 Å². The molecule has 0 bridgehead atoms. The van der Waals surface area contributed by atoms with Crippen LogP contribution in [-0.2, 0) is 12.4 Å². The summed E-state index contributed by atoms with van der Waals surface area (Å²) in [6.07, 6.45) is -9.87. The van der Waals surface area contributed by atoms with Crippen LogP contribution in [0.15, 0.2) is 65.5 Å². The van der Waals surface area contributed by atoms with Crippen LogP contribution in [0.5, 0.6) is 5.75 Å². The van der Waals surface area contributed by atoms with Crippen LogP contribution in [0.2, 0.25) is 0 Å². The van der Waals surface area contributed by atoms with Gasteiger partial charge in [-0.2, -0.15) is 26.3 Å². The molecule has 0 aliphatic carbocycles. The lowest BCUT2D eigenvalue weighted by atomic mass is 9.96. The van der Waals surface area contributed by atoms with Gasteiger partial charge in [-0.15, -0.1) is 0 Å². The first-order valence-electron chi connectivity index (χ1n) is 9.99. The molecule has 9 heteroatoms. The zero-order valence-electron chi connectivity index (χ0n) is 17.9. The number of aryl methyl sites for hydroxylation is 1. The predicted molar refractivity (Wildman–Crippen MR) is 117 cm³/mol. The fraction of sp³-hybridized carbons (Fsp3) is 0.160. The average molecular weight is 477 g/mol. The van der Waals surface area contributed by atoms with E-state index in [-0.39, 0.29) is 22.6 Å². The SMILES string of the molecule is COc1ccc2c(=O)c(-c3ccc(-c4cc(C(F)(F)F)cc(C(F)(F)F)c4)cc3)c(C)[nH]c2c1. The van der Waals surface area contributed by atoms with Crippen LogP contribution in [0.25, 0.3) is 33.2 Å². The number of aromatic amines is 1. The molecule has 1 heterocycles. The summed E-state index contributed by atoms with van der Waals surface area (Å²) in [7, 11) is 1.50. The van der Waals surface area contributed by atoms with E-state index >= 15 is 0 Å². The normalized spacial score (nSPS) is 12.2. The van der Waals surface area contributed by atoms with Crippen LogP contribution in [0.3, 0.4) is 0 Å². The fourth-order valence-corrected chi connectivity index (χ4v) is 3.82. The number of ether oxygens (including phenoxy) is 1. The number of nitrogens with one attached hydrogen (secondary N) is 1. The van der Waals surface area contributed by atoms with Crippen molar-refractivity contribution in [2.75, 3.05) is 7.11 Å². The van der Waals surface area contributed by atoms with Crippen molar-refractivity contribution in [3.63, 3.8) is 0 Å². The molecule has 0 saturated heterocycles. The van der Waals surface area contributed by atoms with Crippen molar-refractivity contribution >= 4 is 10.9 Å². The van der Waals surface area contributed by atoms with Crippen molar-refractivity contribution in [3.8, 4) is 28.0 Å². The number of hydrogen-bond donors (Lipinski definition) is 1. The number of rotatable bonds is 3. The third kappa shape index (κ3) is 4.37. The molecular formula is C25H17F6NO2. The molecule has 3 nitrogen and oxygen atoms in total. The molecule has 0 fully saturated rings. The van der Waals surface area contributed by atoms with Gasteiger partial charge in [-0.05, 0) is 53.9 Å². The lowest BCUT2D eigenvalue weighted by molar-refractivity contribution is -0.143. The number of H-pyrrole nitrogens is 1. The maximum absolute atomic E-state index is 13.2. The van der Waals surface area contributed by atoms with Gasteiger partial charge in [0.2, 0.25) is 0 Å². The predicted octanol–water partition coefficient (Wildman–Crippen LogP) is 7.22. The van der Waals surface area contributed by atoms with Gasteiger partial charge in [0.25, 0.3) is 0 Å². The van der Waals surface area contributed by atoms with E-state index in [0.717, 1.165) is 0 Å². The summed E-state index contributed by atoms with van der Waals surface area (Å²) in [4.78, 5) is 16.2. The van der Waals surface area contributed by atoms with Crippen molar-refractivity contribution in [3.05, 3.63) is 87.7 Å². The molecule has 1 N–H and O–H groups in total. The number of pyridine rings is 1. The minimum atomic E-state index is -4.94. The van der Waals surface area contributed by atoms with Crippen LogP contribution in [0.1, 0.15) is 16.8 Å². The molecule has 0 spiro atoms. The van der Waals surface area contributed by atoms with E-state index in [0.29, 0.717) is 45.6 Å². The monoisotopic (exact) mass is 477 g/mol. The second kappa shape index (κ2) is 8.23. The van der Waals surface area contributed by atoms with Crippen molar-refractivity contribution in [1.29, 1.82) is 0 Å². The first kappa shape index (κ1) is 23.4. The van der Waals surface area contributed by atoms with E-state index in [1.165, 1.54) is 31.4 Å². The summed E-state index contributed by atoms with van der Waals surface area (Å²) < 4.78 is 84.3. The number of halogens is 6. The Labute approximate surface area is 189 Å². The van der Waals surface area contributed by atoms with E-state index < -0.39 is 23.5 Å². The Morgan fingerprint density at radius 1 is 0.735 bits per heavy atom. The Balaban J connectivity index is 1.81. The Hall–Kier alpha value is -3.75. The topological polar surface area (TPSA) is 42.1 Å². The number of benzene rings is 3. The Morgan fingerprint density at radius 3 is 1.82 bits per heavy atom. The van der Waals surface area contributed by atoms with Gasteiger partial charge in [-0.1, -0.05) is 24.3 Å². The minimum Gasteiger partial charge on any atom is -0.497 e. The number of fused-ring (bicyclic) bond motifs is 1. The molecule has 0 unspecified atom stereocenters. The van der Waals surface area contributed by atoms with Crippen LogP contribution in [0.4, 0.5) is 26.3 Å². The molecule has 0 saturated carbocycles. The summed E-state index contributed by atoms with van der Waals surface area (Å²) in [5.74, 6) is 0.568. The molecule has 4 aromatic rings. The third-order valence-corrected chi connectivity index (χ3v) is 5.49. The maximum Gasteiger partial charge on any atom is 0.416 e. The molecule has 34 heavy (non-hydrogen) atoms. The lowest BCUT2D eigenvalue weighted by Gasteiger charge is -2.15. The molecule has 0 amide bonds. The molecule has 4 rings (SSSR count). The van der Waals surface area contributed by atoms with E-state index in [1.807, 2.05) is 0 Å². The minimum absolute atomic E-state index is 0.0881. The molecule has 176 valence electrons. The number of methoxy groups -OCH3 is 1. The Morgan fingerprint density at radius 2 is 1.29 bits per heavy atom. The second-order valence-electron chi connectivity index (χ2n) is 7.74. The molecule has 0 radical (unpaired) electrons. The van der Waals surface area contributed by atoms with Crippen LogP contribution in [0, 0.1) is 6.92 Å². The average Bonchev–Trinajstić information content (AvgIpc) is 2.77. The first-order valence-corrected chi connectivity index (χ1v) is 9.99. The van der Waals surface area contributed by atoms with Gasteiger partial charge in [-0.3, -0.25) is 4.79 Å². The number of aromatic nitrogens is 1. The highest BCUT2D eigenvalue weighted by Gasteiger charge is 2.37. The molecule has 3 aromatic carbocycles. The van der Waals surface area contributed by atoms with Gasteiger partial charge in [0.15, 0.2) is 5.43 Å². The summed E-state index contributed by atoms with van der Waals surface area (Å²) in [5.41, 5.74) is -1.17. The number of alkyl halides is 6. The van der Waals surface area contributed by atoms with Gasteiger partial charge in [0.05, 0.1) is 23.8 Å². The first-order chi connectivity index (χ1) is 15.9. The quantitative estimate of drug-likeness (QED) is 0.317. The van der Waals surface area contributed by atoms with Gasteiger partial charge < -0.3 is 9.72 Å². The van der Waals surface area contributed by atoms with E-state index in [4.69, 9.17) is 4.74 Å². The van der Waals surface area contributed by atoms with Crippen molar-refractivity contribution < 1.29 is 31.1 Å². The zero-order valence-corrected chi connectivity index (χ0v) is 17.9. The van der Waals surface area contributed by atoms with E-state index in [1.54, 1.807) is 25.1 Å². The molecule has 1 aromatic heterocycles. The summed E-state index contributed by atoms with van der Waals surface area (Å²) in [6.45, 7) is 1.70. The van der Waals surface area contributed by atoms with E-state index in [2.05, 4.69) is 4.98 Å². The largest absolute Gasteiger partial charge is 0.497 e. The van der Waals surface area contributed by atoms with Crippen molar-refractivity contribution in [2.45, 2.75) is 19.3 Å². The van der Waals surface area contributed by atoms with Gasteiger partial charge in [0, 0.05) is 22.7 Å². The number of hydrogen-bond acceptors (Lipinski definition) is 2. The second-order valence-corrected chi connectivity index (χ2v) is 7.74. The highest BCUT2D eigenvalue weighted by molar-refractivity contribution is 5.86. The highest BCUT2D eigenvalue weighted by Crippen LogP contribution is 2.39. The summed E-state index contributed by atoms with van der Waals surface area (Å²) >= 11 is 0. The smallest absolute Gasteiger partial charge is 0.416 e. The van der Waals surface area contributed by atoms with Crippen molar-refractivity contribution in [2.24, 2.45) is 0 Å². The summed E-state index contributed by atoms with van der Waals surface area (Å²) in [5, 5.41) is 0.415. The standard InChI is InChI=1S/C25H17F6NO2/c1-13-22(23(33)20-8-7-19(34-2)12-21(20)32-13)15-5-3-14(4-6-15)16-9-17(24(26,27)28)11-18(10-16)25(29,30)31/h3-12H,1-2H3,(H,32,33). The van der Waals surface area contributed by atoms with Gasteiger partial charge in [-0.25, -0.2) is 0 Å². The highest BCUT2D eigenvalue weighted by atomic mass is 19.4. The van der Waals surface area contributed by atoms with Crippen LogP contribution < -0.4 is 10.2 Å². The molecule has 0 aliphatic heterocycles. The fourth-order valence-electron chi connectivity index (χ4n) is 3.82. The van der Waals surface area contributed by atoms with Crippen LogP contribution >= 0.6 is 0 Å². The zero-order chi connectivity index (χ0) is 24.8. The lowest BCUT2D eigenvalue weighted by Crippen LogP contribution is -2.11. The third-order valence-electron chi connectivity index (χ3n) is 5.49. The molecule has 0 aliphatic rings. The maximum atomic E-state index is 13.2. The van der Waals surface area contributed by atoms with Crippen molar-refractivity contribution in [1.82, 2.24) is 4.98 Å². The molecule has 0 atom stereocenters. The Bertz CT molecular complexity index is 1400. The van der Waals surface area contributed by atoms with Gasteiger partial charge in [0.1, 0.15) is 5.75 Å². The van der Waals surface area contributed by atoms with Crippen LogP contribution in [-0.4, -0.2) is 12.1 Å².